The molecule has 0 aliphatic rings. The number of hydrogen-bond acceptors (Lipinski definition) is 3. The van der Waals surface area contributed by atoms with E-state index < -0.39 is 35.3 Å². The zero-order chi connectivity index (χ0) is 16.4. The van der Waals surface area contributed by atoms with Crippen LogP contribution in [-0.2, 0) is 14.8 Å². The summed E-state index contributed by atoms with van der Waals surface area (Å²) in [7, 11) is -4.58. The van der Waals surface area contributed by atoms with E-state index in [-0.39, 0.29) is 14.8 Å². The van der Waals surface area contributed by atoms with E-state index in [1.807, 2.05) is 0 Å². The standard InChI is InChI=1S/C11H11BrF3NO4S/c1-7-2-3-8(12)4-9(7)21(19,20)16(5-10(17)18)6-11(13,14)15/h2-4H,5-6H2,1H3,(H,17,18). The zero-order valence-corrected chi connectivity index (χ0v) is 13.1. The van der Waals surface area contributed by atoms with Crippen molar-refractivity contribution in [1.82, 2.24) is 4.31 Å². The van der Waals surface area contributed by atoms with E-state index in [9.17, 15) is 26.4 Å². The summed E-state index contributed by atoms with van der Waals surface area (Å²) in [5, 5.41) is 8.63. The van der Waals surface area contributed by atoms with Crippen molar-refractivity contribution in [3.63, 3.8) is 0 Å². The Kier molecular flexibility index (Phi) is 5.40. The Labute approximate surface area is 127 Å². The van der Waals surface area contributed by atoms with Gasteiger partial charge < -0.3 is 5.11 Å². The molecule has 10 heteroatoms. The van der Waals surface area contributed by atoms with Gasteiger partial charge in [0.1, 0.15) is 13.1 Å². The van der Waals surface area contributed by atoms with E-state index in [0.29, 0.717) is 4.47 Å². The van der Waals surface area contributed by atoms with Crippen LogP contribution in [0.15, 0.2) is 27.6 Å². The molecule has 0 heterocycles. The maximum Gasteiger partial charge on any atom is 0.402 e. The first-order chi connectivity index (χ1) is 9.43. The quantitative estimate of drug-likeness (QED) is 0.838. The highest BCUT2D eigenvalue weighted by atomic mass is 79.9. The van der Waals surface area contributed by atoms with Crippen molar-refractivity contribution >= 4 is 31.9 Å². The van der Waals surface area contributed by atoms with Gasteiger partial charge in [0.25, 0.3) is 0 Å². The van der Waals surface area contributed by atoms with E-state index >= 15 is 0 Å². The van der Waals surface area contributed by atoms with Crippen LogP contribution in [0, 0.1) is 6.92 Å². The van der Waals surface area contributed by atoms with E-state index in [1.54, 1.807) is 0 Å². The summed E-state index contributed by atoms with van der Waals surface area (Å²) >= 11 is 3.03. The normalized spacial score (nSPS) is 12.7. The van der Waals surface area contributed by atoms with Gasteiger partial charge in [0, 0.05) is 4.47 Å². The van der Waals surface area contributed by atoms with Crippen LogP contribution in [-0.4, -0.2) is 43.1 Å². The molecule has 1 N–H and O–H groups in total. The van der Waals surface area contributed by atoms with E-state index in [1.165, 1.54) is 19.1 Å². The molecule has 0 saturated heterocycles. The number of aryl methyl sites for hydroxylation is 1. The Morgan fingerprint density at radius 3 is 2.43 bits per heavy atom. The molecule has 0 amide bonds. The van der Waals surface area contributed by atoms with Crippen molar-refractivity contribution in [3.8, 4) is 0 Å². The Bertz CT molecular complexity index is 645. The maximum atomic E-state index is 12.5. The van der Waals surface area contributed by atoms with Crippen LogP contribution in [0.5, 0.6) is 0 Å². The number of aliphatic carboxylic acids is 1. The summed E-state index contributed by atoms with van der Waals surface area (Å²) in [5.41, 5.74) is 0.218. The molecule has 1 aromatic carbocycles. The van der Waals surface area contributed by atoms with Gasteiger partial charge in [-0.1, -0.05) is 22.0 Å². The third-order valence-corrected chi connectivity index (χ3v) is 4.86. The molecule has 0 aliphatic carbocycles. The summed E-state index contributed by atoms with van der Waals surface area (Å²) in [6.07, 6.45) is -4.84. The summed E-state index contributed by atoms with van der Waals surface area (Å²) in [6, 6.07) is 4.07. The number of sulfonamides is 1. The van der Waals surface area contributed by atoms with Crippen molar-refractivity contribution < 1.29 is 31.5 Å². The second-order valence-electron chi connectivity index (χ2n) is 4.19. The fourth-order valence-corrected chi connectivity index (χ4v) is 3.71. The van der Waals surface area contributed by atoms with Gasteiger partial charge in [-0.05, 0) is 24.6 Å². The molecule has 1 rings (SSSR count). The number of halogens is 4. The highest BCUT2D eigenvalue weighted by molar-refractivity contribution is 9.10. The van der Waals surface area contributed by atoms with Crippen LogP contribution < -0.4 is 0 Å². The van der Waals surface area contributed by atoms with Gasteiger partial charge in [0.15, 0.2) is 0 Å². The number of carboxylic acids is 1. The van der Waals surface area contributed by atoms with Gasteiger partial charge in [0.2, 0.25) is 10.0 Å². The molecule has 21 heavy (non-hydrogen) atoms. The first kappa shape index (κ1) is 17.9. The van der Waals surface area contributed by atoms with E-state index in [2.05, 4.69) is 15.9 Å². The predicted octanol–water partition coefficient (Wildman–Crippen LogP) is 2.40. The molecule has 1 aromatic rings. The van der Waals surface area contributed by atoms with Crippen molar-refractivity contribution in [2.45, 2.75) is 18.0 Å². The number of rotatable bonds is 5. The molecule has 118 valence electrons. The number of hydrogen-bond donors (Lipinski definition) is 1. The fourth-order valence-electron chi connectivity index (χ4n) is 1.57. The van der Waals surface area contributed by atoms with Crippen LogP contribution in [0.1, 0.15) is 5.56 Å². The first-order valence-electron chi connectivity index (χ1n) is 5.48. The second-order valence-corrected chi connectivity index (χ2v) is 7.01. The molecular weight excluding hydrogens is 379 g/mol. The third-order valence-electron chi connectivity index (χ3n) is 2.44. The number of nitrogens with zero attached hydrogens (tertiary/aromatic N) is 1. The molecule has 0 aliphatic heterocycles. The average Bonchev–Trinajstić information content (AvgIpc) is 2.29. The molecule has 0 atom stereocenters. The minimum atomic E-state index is -4.84. The topological polar surface area (TPSA) is 74.7 Å². The lowest BCUT2D eigenvalue weighted by Gasteiger charge is -2.22. The van der Waals surface area contributed by atoms with Crippen LogP contribution >= 0.6 is 15.9 Å². The summed E-state index contributed by atoms with van der Waals surface area (Å²) in [4.78, 5) is 10.3. The van der Waals surface area contributed by atoms with Gasteiger partial charge in [-0.2, -0.15) is 17.5 Å². The van der Waals surface area contributed by atoms with Gasteiger partial charge in [-0.25, -0.2) is 8.42 Å². The van der Waals surface area contributed by atoms with Gasteiger partial charge in [-0.15, -0.1) is 0 Å². The zero-order valence-electron chi connectivity index (χ0n) is 10.7. The monoisotopic (exact) mass is 389 g/mol. The lowest BCUT2D eigenvalue weighted by molar-refractivity contribution is -0.146. The van der Waals surface area contributed by atoms with Crippen molar-refractivity contribution in [2.75, 3.05) is 13.1 Å². The largest absolute Gasteiger partial charge is 0.480 e. The van der Waals surface area contributed by atoms with Crippen molar-refractivity contribution in [1.29, 1.82) is 0 Å². The lowest BCUT2D eigenvalue weighted by Crippen LogP contribution is -2.42. The first-order valence-corrected chi connectivity index (χ1v) is 7.71. The Morgan fingerprint density at radius 2 is 1.95 bits per heavy atom. The Hall–Kier alpha value is -1.13. The Morgan fingerprint density at radius 1 is 1.38 bits per heavy atom. The lowest BCUT2D eigenvalue weighted by atomic mass is 10.2. The average molecular weight is 390 g/mol. The minimum absolute atomic E-state index is 0.107. The van der Waals surface area contributed by atoms with Crippen LogP contribution in [0.4, 0.5) is 13.2 Å². The summed E-state index contributed by atoms with van der Waals surface area (Å²) < 4.78 is 62.2. The minimum Gasteiger partial charge on any atom is -0.480 e. The SMILES string of the molecule is Cc1ccc(Br)cc1S(=O)(=O)N(CC(=O)O)CC(F)(F)F. The summed E-state index contributed by atoms with van der Waals surface area (Å²) in [5.74, 6) is -1.67. The molecular formula is C11H11BrF3NO4S. The van der Waals surface area contributed by atoms with Crippen molar-refractivity contribution in [3.05, 3.63) is 28.2 Å². The fraction of sp³-hybridized carbons (Fsp3) is 0.364. The molecule has 0 saturated carbocycles. The smallest absolute Gasteiger partial charge is 0.402 e. The molecule has 5 nitrogen and oxygen atoms in total. The summed E-state index contributed by atoms with van der Waals surface area (Å²) in [6.45, 7) is -1.73. The molecule has 0 spiro atoms. The number of carboxylic acid groups (broad SMARTS) is 1. The van der Waals surface area contributed by atoms with Crippen LogP contribution in [0.25, 0.3) is 0 Å². The second kappa shape index (κ2) is 6.32. The van der Waals surface area contributed by atoms with E-state index in [0.717, 1.165) is 6.07 Å². The maximum absolute atomic E-state index is 12.5. The van der Waals surface area contributed by atoms with Gasteiger partial charge in [0.05, 0.1) is 4.90 Å². The van der Waals surface area contributed by atoms with E-state index in [4.69, 9.17) is 5.11 Å². The van der Waals surface area contributed by atoms with Gasteiger partial charge >= 0.3 is 12.1 Å². The molecule has 0 radical (unpaired) electrons. The molecule has 0 aromatic heterocycles. The number of carbonyl (C=O) groups is 1. The van der Waals surface area contributed by atoms with Crippen LogP contribution in [0.2, 0.25) is 0 Å². The third kappa shape index (κ3) is 4.97. The Balaban J connectivity index is 3.32. The molecule has 0 fully saturated rings. The van der Waals surface area contributed by atoms with Crippen LogP contribution in [0.3, 0.4) is 0 Å². The molecule has 0 bridgehead atoms. The number of alkyl halides is 3. The highest BCUT2D eigenvalue weighted by Gasteiger charge is 2.38. The predicted molar refractivity (Wildman–Crippen MR) is 71.3 cm³/mol. The molecule has 0 unspecified atom stereocenters. The number of benzene rings is 1. The highest BCUT2D eigenvalue weighted by Crippen LogP contribution is 2.26. The van der Waals surface area contributed by atoms with Gasteiger partial charge in [-0.3, -0.25) is 4.79 Å². The van der Waals surface area contributed by atoms with Crippen molar-refractivity contribution in [2.24, 2.45) is 0 Å².